The van der Waals surface area contributed by atoms with Gasteiger partial charge in [-0.3, -0.25) is 4.79 Å². The Morgan fingerprint density at radius 3 is 2.62 bits per heavy atom. The van der Waals surface area contributed by atoms with Gasteiger partial charge >= 0.3 is 11.6 Å². The second-order valence-corrected chi connectivity index (χ2v) is 6.49. The molecule has 0 saturated carbocycles. The molecule has 1 amide bonds. The van der Waals surface area contributed by atoms with E-state index in [0.717, 1.165) is 0 Å². The number of amides is 1. The van der Waals surface area contributed by atoms with E-state index < -0.39 is 17.5 Å². The van der Waals surface area contributed by atoms with E-state index in [9.17, 15) is 14.4 Å². The van der Waals surface area contributed by atoms with Gasteiger partial charge < -0.3 is 19.2 Å². The van der Waals surface area contributed by atoms with Crippen LogP contribution in [0, 0.1) is 0 Å². The van der Waals surface area contributed by atoms with Crippen molar-refractivity contribution in [1.82, 2.24) is 5.32 Å². The minimum atomic E-state index is -0.702. The Hall–Kier alpha value is -3.32. The van der Waals surface area contributed by atoms with Gasteiger partial charge in [-0.25, -0.2) is 9.59 Å². The molecular weight excluding hydrogens is 398 g/mol. The zero-order chi connectivity index (χ0) is 20.6. The third kappa shape index (κ3) is 5.83. The Balaban J connectivity index is 1.38. The smallest absolute Gasteiger partial charge is 0.349 e. The number of esters is 1. The van der Waals surface area contributed by atoms with Gasteiger partial charge in [0.15, 0.2) is 6.61 Å². The van der Waals surface area contributed by atoms with Crippen molar-refractivity contribution in [2.75, 3.05) is 19.8 Å². The number of fused-ring (bicyclic) bond motifs is 1. The molecule has 0 saturated heterocycles. The van der Waals surface area contributed by atoms with Crippen LogP contribution >= 0.6 is 11.6 Å². The summed E-state index contributed by atoms with van der Waals surface area (Å²) >= 11 is 5.77. The van der Waals surface area contributed by atoms with E-state index in [1.165, 1.54) is 6.07 Å². The molecule has 3 rings (SSSR count). The number of rotatable bonds is 8. The maximum absolute atomic E-state index is 12.2. The number of carbonyl (C=O) groups excluding carboxylic acids is 2. The molecule has 1 aromatic heterocycles. The molecule has 1 heterocycles. The SMILES string of the molecule is O=C(COc1ccc(Cl)cc1)OCCCNC(=O)c1cc2ccccc2oc1=O. The van der Waals surface area contributed by atoms with E-state index in [1.807, 2.05) is 0 Å². The first-order valence-electron chi connectivity index (χ1n) is 8.88. The maximum Gasteiger partial charge on any atom is 0.349 e. The Morgan fingerprint density at radius 2 is 1.83 bits per heavy atom. The highest BCUT2D eigenvalue weighted by Crippen LogP contribution is 2.15. The Labute approximate surface area is 171 Å². The van der Waals surface area contributed by atoms with Gasteiger partial charge in [-0.15, -0.1) is 0 Å². The monoisotopic (exact) mass is 415 g/mol. The van der Waals surface area contributed by atoms with E-state index in [0.29, 0.717) is 28.2 Å². The van der Waals surface area contributed by atoms with Crippen LogP contribution in [0.15, 0.2) is 63.8 Å². The van der Waals surface area contributed by atoms with E-state index in [4.69, 9.17) is 25.5 Å². The Kier molecular flexibility index (Phi) is 6.86. The minimum absolute atomic E-state index is 0.0722. The number of para-hydroxylation sites is 1. The van der Waals surface area contributed by atoms with Crippen molar-refractivity contribution in [2.24, 2.45) is 0 Å². The molecule has 0 bridgehead atoms. The van der Waals surface area contributed by atoms with Crippen LogP contribution in [-0.4, -0.2) is 31.6 Å². The van der Waals surface area contributed by atoms with Crippen molar-refractivity contribution in [3.05, 3.63) is 75.6 Å². The molecule has 0 unspecified atom stereocenters. The lowest BCUT2D eigenvalue weighted by molar-refractivity contribution is -0.146. The van der Waals surface area contributed by atoms with Crippen LogP contribution in [0.1, 0.15) is 16.8 Å². The van der Waals surface area contributed by atoms with Crippen molar-refractivity contribution in [2.45, 2.75) is 6.42 Å². The lowest BCUT2D eigenvalue weighted by Gasteiger charge is -2.08. The molecule has 0 aliphatic rings. The molecule has 2 aromatic carbocycles. The summed E-state index contributed by atoms with van der Waals surface area (Å²) in [5.41, 5.74) is -0.356. The van der Waals surface area contributed by atoms with E-state index in [-0.39, 0.29) is 25.3 Å². The number of ether oxygens (including phenoxy) is 2. The number of benzene rings is 2. The zero-order valence-electron chi connectivity index (χ0n) is 15.4. The molecule has 0 radical (unpaired) electrons. The standard InChI is InChI=1S/C21H18ClNO6/c22-15-6-8-16(9-7-15)28-13-19(24)27-11-3-10-23-20(25)17-12-14-4-1-2-5-18(14)29-21(17)26/h1-2,4-9,12H,3,10-11,13H2,(H,23,25). The average Bonchev–Trinajstić information content (AvgIpc) is 2.72. The number of nitrogens with one attached hydrogen (secondary N) is 1. The van der Waals surface area contributed by atoms with Gasteiger partial charge in [-0.1, -0.05) is 29.8 Å². The highest BCUT2D eigenvalue weighted by Gasteiger charge is 2.13. The van der Waals surface area contributed by atoms with Crippen LogP contribution in [0.3, 0.4) is 0 Å². The van der Waals surface area contributed by atoms with Crippen molar-refractivity contribution in [3.63, 3.8) is 0 Å². The first-order valence-corrected chi connectivity index (χ1v) is 9.26. The van der Waals surface area contributed by atoms with Gasteiger partial charge in [0.25, 0.3) is 5.91 Å². The lowest BCUT2D eigenvalue weighted by atomic mass is 10.2. The number of hydrogen-bond donors (Lipinski definition) is 1. The number of carbonyl (C=O) groups is 2. The van der Waals surface area contributed by atoms with E-state index in [1.54, 1.807) is 48.5 Å². The maximum atomic E-state index is 12.2. The molecule has 7 nitrogen and oxygen atoms in total. The van der Waals surface area contributed by atoms with Crippen LogP contribution in [0.4, 0.5) is 0 Å². The fourth-order valence-electron chi connectivity index (χ4n) is 2.49. The molecule has 0 spiro atoms. The highest BCUT2D eigenvalue weighted by atomic mass is 35.5. The van der Waals surface area contributed by atoms with Gasteiger partial charge in [0.1, 0.15) is 16.9 Å². The van der Waals surface area contributed by atoms with E-state index in [2.05, 4.69) is 5.32 Å². The summed E-state index contributed by atoms with van der Waals surface area (Å²) in [4.78, 5) is 35.8. The summed E-state index contributed by atoms with van der Waals surface area (Å²) in [5, 5.41) is 3.84. The van der Waals surface area contributed by atoms with Crippen LogP contribution in [-0.2, 0) is 9.53 Å². The van der Waals surface area contributed by atoms with Crippen LogP contribution in [0.5, 0.6) is 5.75 Å². The zero-order valence-corrected chi connectivity index (χ0v) is 16.1. The van der Waals surface area contributed by atoms with Crippen molar-refractivity contribution < 1.29 is 23.5 Å². The third-order valence-corrected chi connectivity index (χ3v) is 4.18. The molecule has 1 N–H and O–H groups in total. The molecule has 0 atom stereocenters. The predicted molar refractivity (Wildman–Crippen MR) is 107 cm³/mol. The van der Waals surface area contributed by atoms with Crippen molar-refractivity contribution in [3.8, 4) is 5.75 Å². The molecule has 0 aliphatic heterocycles. The topological polar surface area (TPSA) is 94.8 Å². The van der Waals surface area contributed by atoms with Crippen molar-refractivity contribution in [1.29, 1.82) is 0 Å². The molecule has 0 fully saturated rings. The van der Waals surface area contributed by atoms with Gasteiger partial charge in [0.05, 0.1) is 6.61 Å². The second-order valence-electron chi connectivity index (χ2n) is 6.06. The summed E-state index contributed by atoms with van der Waals surface area (Å²) < 4.78 is 15.4. The Morgan fingerprint density at radius 1 is 1.07 bits per heavy atom. The van der Waals surface area contributed by atoms with E-state index >= 15 is 0 Å². The number of halogens is 1. The molecule has 29 heavy (non-hydrogen) atoms. The van der Waals surface area contributed by atoms with Crippen LogP contribution in [0.2, 0.25) is 5.02 Å². The predicted octanol–water partition coefficient (Wildman–Crippen LogP) is 3.19. The molecule has 8 heteroatoms. The Bertz CT molecular complexity index is 1060. The van der Waals surface area contributed by atoms with Crippen molar-refractivity contribution >= 4 is 34.4 Å². The molecular formula is C21H18ClNO6. The van der Waals surface area contributed by atoms with Gasteiger partial charge in [-0.2, -0.15) is 0 Å². The summed E-state index contributed by atoms with van der Waals surface area (Å²) in [5.74, 6) is -0.559. The normalized spacial score (nSPS) is 10.5. The molecule has 3 aromatic rings. The first kappa shape index (κ1) is 20.4. The summed E-state index contributed by atoms with van der Waals surface area (Å²) in [7, 11) is 0. The lowest BCUT2D eigenvalue weighted by Crippen LogP contribution is -2.29. The fraction of sp³-hybridized carbons (Fsp3) is 0.190. The largest absolute Gasteiger partial charge is 0.482 e. The molecule has 150 valence electrons. The fourth-order valence-corrected chi connectivity index (χ4v) is 2.62. The third-order valence-electron chi connectivity index (χ3n) is 3.93. The second kappa shape index (κ2) is 9.75. The highest BCUT2D eigenvalue weighted by molar-refractivity contribution is 6.30. The molecule has 0 aliphatic carbocycles. The number of hydrogen-bond acceptors (Lipinski definition) is 6. The summed E-state index contributed by atoms with van der Waals surface area (Å²) in [6.07, 6.45) is 0.386. The summed E-state index contributed by atoms with van der Waals surface area (Å²) in [6.45, 7) is 0.109. The average molecular weight is 416 g/mol. The van der Waals surface area contributed by atoms with Gasteiger partial charge in [0, 0.05) is 17.0 Å². The minimum Gasteiger partial charge on any atom is -0.482 e. The first-order chi connectivity index (χ1) is 14.0. The summed E-state index contributed by atoms with van der Waals surface area (Å²) in [6, 6.07) is 15.0. The van der Waals surface area contributed by atoms with Gasteiger partial charge in [0.2, 0.25) is 0 Å². The quantitative estimate of drug-likeness (QED) is 0.345. The van der Waals surface area contributed by atoms with Crippen LogP contribution < -0.4 is 15.7 Å². The van der Waals surface area contributed by atoms with Gasteiger partial charge in [-0.05, 0) is 42.8 Å². The van der Waals surface area contributed by atoms with Crippen LogP contribution in [0.25, 0.3) is 11.0 Å².